The quantitative estimate of drug-likeness (QED) is 0.839. The van der Waals surface area contributed by atoms with Gasteiger partial charge in [-0.15, -0.1) is 0 Å². The van der Waals surface area contributed by atoms with E-state index in [-0.39, 0.29) is 16.0 Å². The third-order valence-corrected chi connectivity index (χ3v) is 5.88. The highest BCUT2D eigenvalue weighted by molar-refractivity contribution is 7.89. The summed E-state index contributed by atoms with van der Waals surface area (Å²) in [5, 5.41) is 9.08. The number of rotatable bonds is 5. The molecule has 1 aromatic rings. The molecule has 1 saturated carbocycles. The van der Waals surface area contributed by atoms with Crippen LogP contribution in [-0.4, -0.2) is 25.3 Å². The molecular formula is C14H17ClN2O2S. The second kappa shape index (κ2) is 5.72. The summed E-state index contributed by atoms with van der Waals surface area (Å²) in [6.45, 7) is 4.22. The second-order valence-electron chi connectivity index (χ2n) is 5.37. The molecule has 0 aliphatic heterocycles. The van der Waals surface area contributed by atoms with Crippen LogP contribution in [0.1, 0.15) is 32.3 Å². The maximum atomic E-state index is 12.8. The van der Waals surface area contributed by atoms with Crippen LogP contribution >= 0.6 is 11.6 Å². The zero-order valence-corrected chi connectivity index (χ0v) is 13.1. The number of sulfonamides is 1. The molecule has 20 heavy (non-hydrogen) atoms. The lowest BCUT2D eigenvalue weighted by molar-refractivity contribution is 0.342. The Morgan fingerprint density at radius 3 is 2.60 bits per heavy atom. The third-order valence-electron chi connectivity index (χ3n) is 3.36. The summed E-state index contributed by atoms with van der Waals surface area (Å²) >= 11 is 6.02. The highest BCUT2D eigenvalue weighted by atomic mass is 35.5. The van der Waals surface area contributed by atoms with Gasteiger partial charge in [0.15, 0.2) is 0 Å². The Labute approximate surface area is 125 Å². The molecule has 0 radical (unpaired) electrons. The fourth-order valence-electron chi connectivity index (χ4n) is 2.04. The van der Waals surface area contributed by atoms with Crippen molar-refractivity contribution in [3.63, 3.8) is 0 Å². The first-order chi connectivity index (χ1) is 9.36. The van der Waals surface area contributed by atoms with Crippen LogP contribution in [0, 0.1) is 17.2 Å². The van der Waals surface area contributed by atoms with Crippen LogP contribution in [0.2, 0.25) is 5.02 Å². The fraction of sp³-hybridized carbons (Fsp3) is 0.500. The molecule has 1 aliphatic rings. The lowest BCUT2D eigenvalue weighted by atomic mass is 10.2. The van der Waals surface area contributed by atoms with E-state index in [1.165, 1.54) is 22.5 Å². The molecule has 6 heteroatoms. The number of benzene rings is 1. The van der Waals surface area contributed by atoms with Crippen molar-refractivity contribution in [3.05, 3.63) is 28.8 Å². The van der Waals surface area contributed by atoms with Gasteiger partial charge in [-0.25, -0.2) is 8.42 Å². The Bertz CT molecular complexity index is 646. The average Bonchev–Trinajstić information content (AvgIpc) is 3.19. The summed E-state index contributed by atoms with van der Waals surface area (Å²) in [4.78, 5) is 0.0209. The fourth-order valence-corrected chi connectivity index (χ4v) is 4.25. The summed E-state index contributed by atoms with van der Waals surface area (Å²) in [7, 11) is -3.67. The smallest absolute Gasteiger partial charge is 0.207 e. The second-order valence-corrected chi connectivity index (χ2v) is 7.64. The molecule has 0 spiro atoms. The maximum Gasteiger partial charge on any atom is 0.244 e. The maximum absolute atomic E-state index is 12.8. The number of halogens is 1. The zero-order chi connectivity index (χ0) is 14.9. The van der Waals surface area contributed by atoms with Gasteiger partial charge in [0, 0.05) is 12.6 Å². The van der Waals surface area contributed by atoms with E-state index in [0.717, 1.165) is 12.8 Å². The van der Waals surface area contributed by atoms with Crippen LogP contribution in [-0.2, 0) is 10.0 Å². The molecule has 0 aromatic heterocycles. The molecule has 0 bridgehead atoms. The topological polar surface area (TPSA) is 61.2 Å². The lowest BCUT2D eigenvalue weighted by Gasteiger charge is -2.26. The van der Waals surface area contributed by atoms with Crippen molar-refractivity contribution in [3.8, 4) is 6.07 Å². The van der Waals surface area contributed by atoms with Crippen molar-refractivity contribution >= 4 is 21.6 Å². The van der Waals surface area contributed by atoms with Gasteiger partial charge in [-0.1, -0.05) is 11.6 Å². The van der Waals surface area contributed by atoms with Crippen molar-refractivity contribution < 1.29 is 8.42 Å². The molecule has 1 fully saturated rings. The van der Waals surface area contributed by atoms with Gasteiger partial charge in [-0.05, 0) is 50.8 Å². The number of nitrogens with zero attached hydrogens (tertiary/aromatic N) is 2. The first-order valence-corrected chi connectivity index (χ1v) is 8.39. The normalized spacial score (nSPS) is 15.6. The van der Waals surface area contributed by atoms with E-state index < -0.39 is 10.0 Å². The number of hydrogen-bond acceptors (Lipinski definition) is 3. The molecule has 1 aliphatic carbocycles. The molecule has 0 amide bonds. The first kappa shape index (κ1) is 15.3. The van der Waals surface area contributed by atoms with Crippen molar-refractivity contribution in [2.24, 2.45) is 5.92 Å². The van der Waals surface area contributed by atoms with Gasteiger partial charge in [0.1, 0.15) is 4.90 Å². The molecule has 0 heterocycles. The highest BCUT2D eigenvalue weighted by Crippen LogP contribution is 2.34. The minimum atomic E-state index is -3.67. The predicted molar refractivity (Wildman–Crippen MR) is 77.9 cm³/mol. The van der Waals surface area contributed by atoms with Crippen LogP contribution in [0.5, 0.6) is 0 Å². The van der Waals surface area contributed by atoms with Crippen molar-refractivity contribution in [1.82, 2.24) is 4.31 Å². The van der Waals surface area contributed by atoms with E-state index in [0.29, 0.717) is 18.0 Å². The molecule has 4 nitrogen and oxygen atoms in total. The van der Waals surface area contributed by atoms with Gasteiger partial charge < -0.3 is 0 Å². The Morgan fingerprint density at radius 1 is 1.45 bits per heavy atom. The number of hydrogen-bond donors (Lipinski definition) is 0. The first-order valence-electron chi connectivity index (χ1n) is 6.57. The zero-order valence-electron chi connectivity index (χ0n) is 11.5. The van der Waals surface area contributed by atoms with Crippen LogP contribution in [0.4, 0.5) is 0 Å². The van der Waals surface area contributed by atoms with Crippen LogP contribution in [0.25, 0.3) is 0 Å². The van der Waals surface area contributed by atoms with Crippen molar-refractivity contribution in [2.75, 3.05) is 6.54 Å². The lowest BCUT2D eigenvalue weighted by Crippen LogP contribution is -2.38. The van der Waals surface area contributed by atoms with Gasteiger partial charge >= 0.3 is 0 Å². The highest BCUT2D eigenvalue weighted by Gasteiger charge is 2.34. The van der Waals surface area contributed by atoms with Gasteiger partial charge in [0.05, 0.1) is 16.7 Å². The molecule has 0 unspecified atom stereocenters. The predicted octanol–water partition coefficient (Wildman–Crippen LogP) is 3.02. The van der Waals surface area contributed by atoms with E-state index >= 15 is 0 Å². The molecule has 0 saturated heterocycles. The minimum Gasteiger partial charge on any atom is -0.207 e. The molecular weight excluding hydrogens is 296 g/mol. The average molecular weight is 313 g/mol. The van der Waals surface area contributed by atoms with Gasteiger partial charge in [0.25, 0.3) is 0 Å². The van der Waals surface area contributed by atoms with E-state index in [1.807, 2.05) is 19.9 Å². The Morgan fingerprint density at radius 2 is 2.10 bits per heavy atom. The largest absolute Gasteiger partial charge is 0.244 e. The number of nitriles is 1. The summed E-state index contributed by atoms with van der Waals surface area (Å²) in [6, 6.07) is 6.13. The molecule has 1 aromatic carbocycles. The molecule has 0 atom stereocenters. The Balaban J connectivity index is 2.44. The van der Waals surface area contributed by atoms with Gasteiger partial charge in [-0.2, -0.15) is 9.57 Å². The van der Waals surface area contributed by atoms with Gasteiger partial charge in [0.2, 0.25) is 10.0 Å². The van der Waals surface area contributed by atoms with Gasteiger partial charge in [-0.3, -0.25) is 0 Å². The van der Waals surface area contributed by atoms with Crippen LogP contribution in [0.3, 0.4) is 0 Å². The SMILES string of the molecule is CC(C)N(CC1CC1)S(=O)(=O)c1cc(C#N)ccc1Cl. The molecule has 2 rings (SSSR count). The third kappa shape index (κ3) is 3.14. The Kier molecular flexibility index (Phi) is 4.38. The van der Waals surface area contributed by atoms with E-state index in [2.05, 4.69) is 0 Å². The van der Waals surface area contributed by atoms with Crippen molar-refractivity contribution in [1.29, 1.82) is 5.26 Å². The van der Waals surface area contributed by atoms with E-state index in [9.17, 15) is 8.42 Å². The van der Waals surface area contributed by atoms with E-state index in [4.69, 9.17) is 16.9 Å². The minimum absolute atomic E-state index is 0.0209. The van der Waals surface area contributed by atoms with Crippen LogP contribution in [0.15, 0.2) is 23.1 Å². The summed E-state index contributed by atoms with van der Waals surface area (Å²) in [6.07, 6.45) is 2.15. The summed E-state index contributed by atoms with van der Waals surface area (Å²) in [5.74, 6) is 0.449. The summed E-state index contributed by atoms with van der Waals surface area (Å²) < 4.78 is 27.0. The summed E-state index contributed by atoms with van der Waals surface area (Å²) in [5.41, 5.74) is 0.295. The molecule has 108 valence electrons. The van der Waals surface area contributed by atoms with Crippen LogP contribution < -0.4 is 0 Å². The monoisotopic (exact) mass is 312 g/mol. The Hall–Kier alpha value is -1.09. The standard InChI is InChI=1S/C14H17ClN2O2S/c1-10(2)17(9-11-3-4-11)20(18,19)14-7-12(8-16)5-6-13(14)15/h5-7,10-11H,3-4,9H2,1-2H3. The van der Waals surface area contributed by atoms with E-state index in [1.54, 1.807) is 0 Å². The van der Waals surface area contributed by atoms with Crippen molar-refractivity contribution in [2.45, 2.75) is 37.6 Å². The molecule has 0 N–H and O–H groups in total.